The number of esters is 1. The average molecular weight is 414 g/mol. The summed E-state index contributed by atoms with van der Waals surface area (Å²) in [4.78, 5) is 16.6. The minimum absolute atomic E-state index is 0.0509. The van der Waals surface area contributed by atoms with E-state index in [1.54, 1.807) is 43.7 Å². The lowest BCUT2D eigenvalue weighted by atomic mass is 10.00. The normalized spacial score (nSPS) is 13.7. The molecule has 0 amide bonds. The van der Waals surface area contributed by atoms with Crippen LogP contribution in [0.25, 0.3) is 22.0 Å². The van der Waals surface area contributed by atoms with E-state index >= 15 is 8.78 Å². The van der Waals surface area contributed by atoms with E-state index in [1.165, 1.54) is 6.07 Å². The van der Waals surface area contributed by atoms with Crippen LogP contribution in [-0.2, 0) is 4.74 Å². The van der Waals surface area contributed by atoms with E-state index < -0.39 is 17.6 Å². The summed E-state index contributed by atoms with van der Waals surface area (Å²) in [5.74, 6) is -1.99. The van der Waals surface area contributed by atoms with Gasteiger partial charge in [0.25, 0.3) is 0 Å². The maximum atomic E-state index is 15.7. The number of fused-ring (bicyclic) bond motifs is 1. The number of carbonyl (C=O) groups excluding carboxylic acids is 1. The predicted molar refractivity (Wildman–Crippen MR) is 110 cm³/mol. The smallest absolute Gasteiger partial charge is 0.341 e. The molecule has 4 nitrogen and oxygen atoms in total. The highest BCUT2D eigenvalue weighted by molar-refractivity contribution is 7.71. The first-order valence-corrected chi connectivity index (χ1v) is 9.92. The largest absolute Gasteiger partial charge is 0.462 e. The Morgan fingerprint density at radius 1 is 1.24 bits per heavy atom. The monoisotopic (exact) mass is 414 g/mol. The Labute approximate surface area is 172 Å². The van der Waals surface area contributed by atoms with Gasteiger partial charge >= 0.3 is 5.97 Å². The fourth-order valence-electron chi connectivity index (χ4n) is 3.68. The number of nitrogens with zero attached hydrogens (tertiary/aromatic N) is 2. The molecule has 1 aliphatic rings. The zero-order valence-electron chi connectivity index (χ0n) is 16.4. The molecule has 2 aromatic heterocycles. The Balaban J connectivity index is 2.06. The third-order valence-corrected chi connectivity index (χ3v) is 5.45. The number of aromatic nitrogens is 2. The van der Waals surface area contributed by atoms with Crippen LogP contribution in [-0.4, -0.2) is 22.1 Å². The molecule has 1 aromatic carbocycles. The molecule has 2 heterocycles. The van der Waals surface area contributed by atoms with Crippen LogP contribution in [0.1, 0.15) is 47.6 Å². The van der Waals surface area contributed by atoms with E-state index in [4.69, 9.17) is 17.0 Å². The van der Waals surface area contributed by atoms with Crippen LogP contribution >= 0.6 is 12.2 Å². The Morgan fingerprint density at radius 3 is 2.48 bits per heavy atom. The minimum atomic E-state index is -0.727. The van der Waals surface area contributed by atoms with Gasteiger partial charge in [-0.2, -0.15) is 0 Å². The van der Waals surface area contributed by atoms with Crippen molar-refractivity contribution in [3.05, 3.63) is 57.5 Å². The molecule has 150 valence electrons. The molecule has 4 rings (SSSR count). The van der Waals surface area contributed by atoms with Gasteiger partial charge in [0.1, 0.15) is 5.82 Å². The fraction of sp³-hybridized carbons (Fsp3) is 0.318. The summed E-state index contributed by atoms with van der Waals surface area (Å²) >= 11 is 5.41. The minimum Gasteiger partial charge on any atom is -0.462 e. The SMILES string of the molecule is CCOC(=O)c1cn(C2CC2)c2c(F)c(-c3cc(C)nc(C)c3)c(F)cc2c1=S. The Hall–Kier alpha value is -2.67. The highest BCUT2D eigenvalue weighted by atomic mass is 32.1. The quantitative estimate of drug-likeness (QED) is 0.397. The molecule has 0 saturated heterocycles. The van der Waals surface area contributed by atoms with E-state index in [1.807, 2.05) is 0 Å². The van der Waals surface area contributed by atoms with Crippen molar-refractivity contribution in [1.82, 2.24) is 9.55 Å². The van der Waals surface area contributed by atoms with Gasteiger partial charge in [0.15, 0.2) is 5.82 Å². The third kappa shape index (κ3) is 3.44. The molecule has 0 spiro atoms. The second-order valence-electron chi connectivity index (χ2n) is 7.31. The number of carbonyl (C=O) groups is 1. The van der Waals surface area contributed by atoms with Crippen molar-refractivity contribution in [3.63, 3.8) is 0 Å². The number of ether oxygens (including phenoxy) is 1. The van der Waals surface area contributed by atoms with Crippen LogP contribution in [0.4, 0.5) is 8.78 Å². The molecule has 0 atom stereocenters. The van der Waals surface area contributed by atoms with Crippen LogP contribution in [0.2, 0.25) is 0 Å². The lowest BCUT2D eigenvalue weighted by Gasteiger charge is -2.17. The first kappa shape index (κ1) is 19.6. The van der Waals surface area contributed by atoms with Gasteiger partial charge in [-0.15, -0.1) is 0 Å². The topological polar surface area (TPSA) is 44.1 Å². The second-order valence-corrected chi connectivity index (χ2v) is 7.72. The van der Waals surface area contributed by atoms with Crippen LogP contribution in [0.5, 0.6) is 0 Å². The van der Waals surface area contributed by atoms with Crippen molar-refractivity contribution in [2.75, 3.05) is 6.61 Å². The number of pyridine rings is 2. The second kappa shape index (κ2) is 7.30. The number of rotatable bonds is 4. The first-order valence-electron chi connectivity index (χ1n) is 9.51. The Morgan fingerprint density at radius 2 is 1.90 bits per heavy atom. The van der Waals surface area contributed by atoms with E-state index in [9.17, 15) is 4.79 Å². The average Bonchev–Trinajstić information content (AvgIpc) is 3.47. The molecular formula is C22H20F2N2O2S. The van der Waals surface area contributed by atoms with E-state index in [-0.39, 0.29) is 39.2 Å². The summed E-state index contributed by atoms with van der Waals surface area (Å²) in [7, 11) is 0. The van der Waals surface area contributed by atoms with E-state index in [0.717, 1.165) is 12.8 Å². The van der Waals surface area contributed by atoms with Crippen molar-refractivity contribution in [1.29, 1.82) is 0 Å². The molecule has 29 heavy (non-hydrogen) atoms. The fourth-order valence-corrected chi connectivity index (χ4v) is 3.97. The standard InChI is InChI=1S/C22H20F2N2O2S/c1-4-28-22(27)16-10-26(14-5-6-14)20-15(21(16)29)9-17(23)18(19(20)24)13-7-11(2)25-12(3)8-13/h7-10,14H,4-6H2,1-3H3. The Bertz CT molecular complexity index is 1200. The molecular weight excluding hydrogens is 394 g/mol. The maximum Gasteiger partial charge on any atom is 0.341 e. The molecule has 1 fully saturated rings. The van der Waals surface area contributed by atoms with Gasteiger partial charge in [0.05, 0.1) is 27.8 Å². The molecule has 7 heteroatoms. The molecule has 3 aromatic rings. The van der Waals surface area contributed by atoms with E-state index in [0.29, 0.717) is 17.0 Å². The van der Waals surface area contributed by atoms with Crippen molar-refractivity contribution < 1.29 is 18.3 Å². The lowest BCUT2D eigenvalue weighted by Crippen LogP contribution is -2.11. The van der Waals surface area contributed by atoms with Crippen molar-refractivity contribution >= 4 is 29.1 Å². The zero-order valence-corrected chi connectivity index (χ0v) is 17.2. The van der Waals surface area contributed by atoms with Crippen molar-refractivity contribution in [2.24, 2.45) is 0 Å². The predicted octanol–water partition coefficient (Wildman–Crippen LogP) is 5.84. The highest BCUT2D eigenvalue weighted by Crippen LogP contribution is 2.41. The molecule has 0 aliphatic heterocycles. The summed E-state index contributed by atoms with van der Waals surface area (Å²) in [6, 6.07) is 4.59. The summed E-state index contributed by atoms with van der Waals surface area (Å²) in [6.45, 7) is 5.45. The first-order chi connectivity index (χ1) is 13.8. The number of aryl methyl sites for hydroxylation is 2. The highest BCUT2D eigenvalue weighted by Gasteiger charge is 2.29. The molecule has 1 aliphatic carbocycles. The van der Waals surface area contributed by atoms with Gasteiger partial charge in [0, 0.05) is 29.0 Å². The van der Waals surface area contributed by atoms with Crippen molar-refractivity contribution in [3.8, 4) is 11.1 Å². The summed E-state index contributed by atoms with van der Waals surface area (Å²) in [5.41, 5.74) is 2.04. The third-order valence-electron chi connectivity index (χ3n) is 5.01. The lowest BCUT2D eigenvalue weighted by molar-refractivity contribution is 0.0525. The van der Waals surface area contributed by atoms with Gasteiger partial charge in [-0.3, -0.25) is 4.98 Å². The Kier molecular flexibility index (Phi) is 4.94. The number of benzene rings is 1. The van der Waals surface area contributed by atoms with Crippen LogP contribution in [0.3, 0.4) is 0 Å². The van der Waals surface area contributed by atoms with E-state index in [2.05, 4.69) is 4.98 Å². The van der Waals surface area contributed by atoms with Gasteiger partial charge < -0.3 is 9.30 Å². The number of hydrogen-bond donors (Lipinski definition) is 0. The molecule has 0 N–H and O–H groups in total. The molecule has 0 radical (unpaired) electrons. The molecule has 1 saturated carbocycles. The van der Waals surface area contributed by atoms with Crippen LogP contribution in [0, 0.1) is 30.0 Å². The van der Waals surface area contributed by atoms with Crippen molar-refractivity contribution in [2.45, 2.75) is 39.7 Å². The van der Waals surface area contributed by atoms with Gasteiger partial charge in [0.2, 0.25) is 0 Å². The van der Waals surface area contributed by atoms with Gasteiger partial charge in [-0.25, -0.2) is 13.6 Å². The van der Waals surface area contributed by atoms with Crippen LogP contribution < -0.4 is 0 Å². The van der Waals surface area contributed by atoms with Gasteiger partial charge in [-0.1, -0.05) is 12.2 Å². The molecule has 0 unspecified atom stereocenters. The zero-order chi connectivity index (χ0) is 20.9. The maximum absolute atomic E-state index is 15.7. The number of halogens is 2. The number of hydrogen-bond acceptors (Lipinski definition) is 4. The summed E-state index contributed by atoms with van der Waals surface area (Å²) in [6.07, 6.45) is 3.27. The molecule has 0 bridgehead atoms. The summed E-state index contributed by atoms with van der Waals surface area (Å²) in [5, 5.41) is 0.207. The van der Waals surface area contributed by atoms with Gasteiger partial charge in [-0.05, 0) is 57.4 Å². The summed E-state index contributed by atoms with van der Waals surface area (Å²) < 4.78 is 37.7. The van der Waals surface area contributed by atoms with Crippen LogP contribution in [0.15, 0.2) is 24.4 Å².